The van der Waals surface area contributed by atoms with E-state index in [1.54, 1.807) is 0 Å². The molecule has 0 aromatic heterocycles. The normalized spacial score (nSPS) is 10.9. The summed E-state index contributed by atoms with van der Waals surface area (Å²) in [4.78, 5) is 22.9. The van der Waals surface area contributed by atoms with Gasteiger partial charge in [0.2, 0.25) is 0 Å². The summed E-state index contributed by atoms with van der Waals surface area (Å²) < 4.78 is 71.6. The molecule has 2 rings (SSSR count). The Morgan fingerprint density at radius 2 is 0.938 bits per heavy atom. The van der Waals surface area contributed by atoms with Gasteiger partial charge in [0.15, 0.2) is 0 Å². The molecule has 32 heavy (non-hydrogen) atoms. The minimum atomic E-state index is -4.33. The summed E-state index contributed by atoms with van der Waals surface area (Å²) in [5, 5.41) is 0. The van der Waals surface area contributed by atoms with Crippen molar-refractivity contribution in [3.05, 3.63) is 48.5 Å². The number of carbonyl (C=O) groups is 2. The van der Waals surface area contributed by atoms with Gasteiger partial charge in [0.1, 0.15) is 11.5 Å². The van der Waals surface area contributed by atoms with E-state index in [0.717, 1.165) is 24.3 Å². The summed E-state index contributed by atoms with van der Waals surface area (Å²) in [5.41, 5.74) is 0. The van der Waals surface area contributed by atoms with Crippen molar-refractivity contribution in [3.8, 4) is 11.5 Å². The van der Waals surface area contributed by atoms with Gasteiger partial charge in [-0.15, -0.1) is 0 Å². The second-order valence-corrected chi connectivity index (χ2v) is 8.89. The van der Waals surface area contributed by atoms with Gasteiger partial charge in [0.05, 0.1) is 9.79 Å². The van der Waals surface area contributed by atoms with Crippen molar-refractivity contribution in [2.75, 3.05) is 0 Å². The fraction of sp³-hybridized carbons (Fsp3) is 0.222. The third-order valence-electron chi connectivity index (χ3n) is 3.72. The van der Waals surface area contributed by atoms with Crippen molar-refractivity contribution >= 4 is 32.2 Å². The first-order valence-electron chi connectivity index (χ1n) is 8.51. The number of benzene rings is 2. The van der Waals surface area contributed by atoms with Crippen molar-refractivity contribution in [2.24, 2.45) is 0 Å². The molecule has 0 amide bonds. The molecular weight excluding hydrogens is 486 g/mol. The minimum Gasteiger partial charge on any atom is -1.00 e. The van der Waals surface area contributed by atoms with Crippen LogP contribution in [-0.2, 0) is 29.8 Å². The van der Waals surface area contributed by atoms with Crippen molar-refractivity contribution < 1.29 is 107 Å². The summed E-state index contributed by atoms with van der Waals surface area (Å²) in [6.45, 7) is 0. The molecule has 0 unspecified atom stereocenters. The number of rotatable bonds is 9. The fourth-order valence-corrected chi connectivity index (χ4v) is 3.22. The Bertz CT molecular complexity index is 1030. The molecule has 0 atom stereocenters. The van der Waals surface area contributed by atoms with Gasteiger partial charge >= 0.3 is 71.1 Å². The van der Waals surface area contributed by atoms with E-state index < -0.39 is 32.2 Å². The Morgan fingerprint density at radius 1 is 0.656 bits per heavy atom. The van der Waals surface area contributed by atoms with Crippen molar-refractivity contribution in [3.63, 3.8) is 0 Å². The minimum absolute atomic E-state index is 0. The maximum atomic E-state index is 11.8. The number of hydrogen-bond donors (Lipinski definition) is 2. The van der Waals surface area contributed by atoms with Crippen molar-refractivity contribution in [2.45, 2.75) is 35.5 Å². The third-order valence-corrected chi connectivity index (χ3v) is 5.45. The Labute approximate surface area is 232 Å². The number of unbranched alkanes of at least 4 members (excludes halogenated alkanes) is 1. The molecular formula is C18H20Na2O10S2. The summed E-state index contributed by atoms with van der Waals surface area (Å²) in [6, 6.07) is 9.29. The van der Waals surface area contributed by atoms with E-state index in [1.807, 2.05) is 0 Å². The molecule has 0 heterocycles. The second-order valence-electron chi connectivity index (χ2n) is 6.05. The largest absolute Gasteiger partial charge is 1.00 e. The van der Waals surface area contributed by atoms with Gasteiger partial charge < -0.3 is 12.3 Å². The van der Waals surface area contributed by atoms with Crippen LogP contribution in [0.15, 0.2) is 58.3 Å². The van der Waals surface area contributed by atoms with Crippen molar-refractivity contribution in [1.29, 1.82) is 0 Å². The predicted octanol–water partition coefficient (Wildman–Crippen LogP) is -3.52. The van der Waals surface area contributed by atoms with Crippen LogP contribution in [0.25, 0.3) is 0 Å². The average Bonchev–Trinajstić information content (AvgIpc) is 2.65. The van der Waals surface area contributed by atoms with Crippen LogP contribution in [0, 0.1) is 0 Å². The Morgan fingerprint density at radius 3 is 1.19 bits per heavy atom. The quantitative estimate of drug-likeness (QED) is 0.115. The molecule has 0 saturated heterocycles. The van der Waals surface area contributed by atoms with Gasteiger partial charge in [-0.1, -0.05) is 0 Å². The topological polar surface area (TPSA) is 161 Å². The molecule has 0 aliphatic carbocycles. The Kier molecular flexibility index (Phi) is 13.5. The van der Waals surface area contributed by atoms with Crippen LogP contribution in [0.5, 0.6) is 11.5 Å². The molecule has 0 radical (unpaired) electrons. The SMILES string of the molecule is O=C(CCCCC(=O)Oc1ccc(S(=O)(=O)O)cc1)Oc1ccc(S(=O)(=O)O)cc1.[H-].[H-].[Na+].[Na+]. The maximum Gasteiger partial charge on any atom is 1.00 e. The van der Waals surface area contributed by atoms with E-state index in [4.69, 9.17) is 18.6 Å². The summed E-state index contributed by atoms with van der Waals surface area (Å²) in [6.07, 6.45) is 0.685. The molecule has 0 aliphatic rings. The van der Waals surface area contributed by atoms with Crippen LogP contribution < -0.4 is 68.6 Å². The average molecular weight is 506 g/mol. The monoisotopic (exact) mass is 506 g/mol. The van der Waals surface area contributed by atoms with E-state index in [2.05, 4.69) is 0 Å². The van der Waals surface area contributed by atoms with Gasteiger partial charge in [0.25, 0.3) is 20.2 Å². The molecule has 2 N–H and O–H groups in total. The Balaban J connectivity index is -0.00000240. The van der Waals surface area contributed by atoms with Crippen LogP contribution in [0.2, 0.25) is 0 Å². The molecule has 0 spiro atoms. The molecule has 166 valence electrons. The first kappa shape index (κ1) is 31.2. The summed E-state index contributed by atoms with van der Waals surface area (Å²) in [7, 11) is -8.65. The number of carbonyl (C=O) groups excluding carboxylic acids is 2. The second kappa shape index (κ2) is 13.8. The molecule has 14 heteroatoms. The zero-order chi connectivity index (χ0) is 22.4. The molecule has 0 fully saturated rings. The van der Waals surface area contributed by atoms with E-state index in [-0.39, 0.29) is 96.1 Å². The van der Waals surface area contributed by atoms with Gasteiger partial charge in [-0.2, -0.15) is 16.8 Å². The van der Waals surface area contributed by atoms with E-state index in [0.29, 0.717) is 12.8 Å². The third kappa shape index (κ3) is 10.9. The zero-order valence-corrected chi connectivity index (χ0v) is 23.1. The smallest absolute Gasteiger partial charge is 1.00 e. The van der Waals surface area contributed by atoms with E-state index >= 15 is 0 Å². The number of ether oxygens (including phenoxy) is 2. The standard InChI is InChI=1S/C18H18O10S2.2Na.2H/c19-17(27-13-5-9-15(10-6-13)29(21,22)23)3-1-2-4-18(20)28-14-7-11-16(12-8-14)30(24,25)26;;;;/h5-12H,1-4H2,(H,21,22,23)(H,24,25,26);;;;/q;2*+1;2*-1. The Hall–Kier alpha value is -0.800. The zero-order valence-electron chi connectivity index (χ0n) is 19.4. The number of esters is 2. The van der Waals surface area contributed by atoms with Crippen LogP contribution in [0.3, 0.4) is 0 Å². The van der Waals surface area contributed by atoms with Crippen molar-refractivity contribution in [1.82, 2.24) is 0 Å². The van der Waals surface area contributed by atoms with Gasteiger partial charge in [0, 0.05) is 12.8 Å². The van der Waals surface area contributed by atoms with E-state index in [1.165, 1.54) is 24.3 Å². The van der Waals surface area contributed by atoms with E-state index in [9.17, 15) is 26.4 Å². The molecule has 2 aromatic rings. The molecule has 10 nitrogen and oxygen atoms in total. The van der Waals surface area contributed by atoms with Crippen LogP contribution in [0.1, 0.15) is 28.5 Å². The first-order valence-corrected chi connectivity index (χ1v) is 11.4. The van der Waals surface area contributed by atoms with Crippen LogP contribution in [0.4, 0.5) is 0 Å². The van der Waals surface area contributed by atoms with Crippen LogP contribution >= 0.6 is 0 Å². The molecule has 2 aromatic carbocycles. The molecule has 0 bridgehead atoms. The van der Waals surface area contributed by atoms with Gasteiger partial charge in [-0.3, -0.25) is 18.7 Å². The molecule has 0 saturated carbocycles. The molecule has 0 aliphatic heterocycles. The first-order chi connectivity index (χ1) is 13.9. The summed E-state index contributed by atoms with van der Waals surface area (Å²) in [5.74, 6) is -0.937. The van der Waals surface area contributed by atoms with Gasteiger partial charge in [-0.25, -0.2) is 0 Å². The fourth-order valence-electron chi connectivity index (χ4n) is 2.26. The van der Waals surface area contributed by atoms with Gasteiger partial charge in [-0.05, 0) is 61.4 Å². The summed E-state index contributed by atoms with van der Waals surface area (Å²) >= 11 is 0. The van der Waals surface area contributed by atoms with Crippen LogP contribution in [-0.4, -0.2) is 37.9 Å². The predicted molar refractivity (Wildman–Crippen MR) is 104 cm³/mol. The maximum absolute atomic E-state index is 11.8. The number of hydrogen-bond acceptors (Lipinski definition) is 8.